The Labute approximate surface area is 194 Å². The molecule has 0 aliphatic heterocycles. The van der Waals surface area contributed by atoms with Gasteiger partial charge in [0, 0.05) is 12.1 Å². The van der Waals surface area contributed by atoms with Gasteiger partial charge in [-0.15, -0.1) is 0 Å². The maximum Gasteiger partial charge on any atom is 0.263 e. The topological polar surface area (TPSA) is 75.3 Å². The second-order valence-electron chi connectivity index (χ2n) is 7.84. The Bertz CT molecular complexity index is 1220. The number of anilines is 1. The lowest BCUT2D eigenvalue weighted by molar-refractivity contribution is 0.0953. The normalized spacial score (nSPS) is 11.2. The van der Waals surface area contributed by atoms with Crippen LogP contribution in [0.4, 0.5) is 5.69 Å². The van der Waals surface area contributed by atoms with E-state index in [0.717, 1.165) is 24.0 Å². The Morgan fingerprint density at radius 3 is 2.41 bits per heavy atom. The van der Waals surface area contributed by atoms with Crippen molar-refractivity contribution in [1.29, 1.82) is 0 Å². The molecule has 2 N–H and O–H groups in total. The summed E-state index contributed by atoms with van der Waals surface area (Å²) in [4.78, 5) is 12.4. The Kier molecular flexibility index (Phi) is 7.59. The second-order valence-corrected chi connectivity index (χ2v) is 9.90. The average molecular weight is 471 g/mol. The van der Waals surface area contributed by atoms with Crippen LogP contribution in [-0.2, 0) is 16.4 Å². The first-order valence-electron chi connectivity index (χ1n) is 10.4. The number of aryl methyl sites for hydroxylation is 3. The third kappa shape index (κ3) is 5.90. The zero-order valence-electron chi connectivity index (χ0n) is 18.4. The van der Waals surface area contributed by atoms with Crippen molar-refractivity contribution < 1.29 is 13.2 Å². The number of nitrogens with one attached hydrogen (secondary N) is 2. The van der Waals surface area contributed by atoms with Crippen LogP contribution in [-0.4, -0.2) is 20.9 Å². The molecule has 0 spiro atoms. The van der Waals surface area contributed by atoms with Crippen molar-refractivity contribution in [3.8, 4) is 0 Å². The lowest BCUT2D eigenvalue weighted by Crippen LogP contribution is -2.25. The summed E-state index contributed by atoms with van der Waals surface area (Å²) in [5.74, 6) is -0.339. The maximum atomic E-state index is 13.0. The SMILES string of the molecule is Cc1ccc(CCCNC(=O)c2ccc(Cl)c(S(=O)(=O)Nc3cccc(C)c3C)c2)cc1. The van der Waals surface area contributed by atoms with Gasteiger partial charge in [-0.1, -0.05) is 53.6 Å². The van der Waals surface area contributed by atoms with Crippen molar-refractivity contribution >= 4 is 33.2 Å². The van der Waals surface area contributed by atoms with Crippen LogP contribution in [0, 0.1) is 20.8 Å². The minimum atomic E-state index is -3.97. The molecule has 7 heteroatoms. The van der Waals surface area contributed by atoms with Gasteiger partial charge < -0.3 is 5.32 Å². The standard InChI is InChI=1S/C25H27ClN2O3S/c1-17-9-11-20(12-10-17)7-5-15-27-25(29)21-13-14-22(26)24(16-21)32(30,31)28-23-8-4-6-18(2)19(23)3/h4,6,8-14,16,28H,5,7,15H2,1-3H3,(H,27,29). The first kappa shape index (κ1) is 23.8. The van der Waals surface area contributed by atoms with E-state index in [1.165, 1.54) is 29.3 Å². The van der Waals surface area contributed by atoms with E-state index in [1.807, 2.05) is 26.8 Å². The number of amides is 1. The van der Waals surface area contributed by atoms with Gasteiger partial charge in [0.2, 0.25) is 0 Å². The van der Waals surface area contributed by atoms with Gasteiger partial charge >= 0.3 is 0 Å². The molecule has 0 aromatic heterocycles. The lowest BCUT2D eigenvalue weighted by atomic mass is 10.1. The van der Waals surface area contributed by atoms with Crippen molar-refractivity contribution in [2.75, 3.05) is 11.3 Å². The van der Waals surface area contributed by atoms with Gasteiger partial charge in [-0.3, -0.25) is 9.52 Å². The first-order chi connectivity index (χ1) is 15.2. The van der Waals surface area contributed by atoms with E-state index < -0.39 is 10.0 Å². The number of halogens is 1. The Morgan fingerprint density at radius 1 is 0.969 bits per heavy atom. The summed E-state index contributed by atoms with van der Waals surface area (Å²) >= 11 is 6.18. The molecule has 0 radical (unpaired) electrons. The molecule has 32 heavy (non-hydrogen) atoms. The molecule has 0 fully saturated rings. The highest BCUT2D eigenvalue weighted by atomic mass is 35.5. The predicted molar refractivity (Wildman–Crippen MR) is 130 cm³/mol. The summed E-state index contributed by atoms with van der Waals surface area (Å²) < 4.78 is 28.5. The van der Waals surface area contributed by atoms with Crippen LogP contribution >= 0.6 is 11.6 Å². The molecule has 0 atom stereocenters. The van der Waals surface area contributed by atoms with E-state index in [4.69, 9.17) is 11.6 Å². The van der Waals surface area contributed by atoms with Crippen LogP contribution in [0.3, 0.4) is 0 Å². The van der Waals surface area contributed by atoms with E-state index in [9.17, 15) is 13.2 Å². The third-order valence-electron chi connectivity index (χ3n) is 5.38. The molecule has 0 bridgehead atoms. The fraction of sp³-hybridized carbons (Fsp3) is 0.240. The Morgan fingerprint density at radius 2 is 1.69 bits per heavy atom. The zero-order chi connectivity index (χ0) is 23.3. The van der Waals surface area contributed by atoms with Gasteiger partial charge in [0.05, 0.1) is 10.7 Å². The van der Waals surface area contributed by atoms with E-state index in [2.05, 4.69) is 34.3 Å². The number of hydrogen-bond acceptors (Lipinski definition) is 3. The van der Waals surface area contributed by atoms with Gasteiger partial charge in [-0.2, -0.15) is 0 Å². The highest BCUT2D eigenvalue weighted by molar-refractivity contribution is 7.92. The first-order valence-corrected chi connectivity index (χ1v) is 12.3. The van der Waals surface area contributed by atoms with Gasteiger partial charge in [-0.25, -0.2) is 8.42 Å². The average Bonchev–Trinajstić information content (AvgIpc) is 2.75. The molecular weight excluding hydrogens is 444 g/mol. The smallest absolute Gasteiger partial charge is 0.263 e. The molecule has 5 nitrogen and oxygen atoms in total. The minimum absolute atomic E-state index is 0.0544. The van der Waals surface area contributed by atoms with E-state index >= 15 is 0 Å². The summed E-state index contributed by atoms with van der Waals surface area (Å²) in [6, 6.07) is 17.9. The summed E-state index contributed by atoms with van der Waals surface area (Å²) in [5.41, 5.74) is 4.94. The van der Waals surface area contributed by atoms with Crippen molar-refractivity contribution in [2.45, 2.75) is 38.5 Å². The molecule has 3 aromatic rings. The van der Waals surface area contributed by atoms with E-state index in [1.54, 1.807) is 12.1 Å². The number of benzene rings is 3. The van der Waals surface area contributed by atoms with Crippen LogP contribution in [0.2, 0.25) is 5.02 Å². The monoisotopic (exact) mass is 470 g/mol. The number of carbonyl (C=O) groups excluding carboxylic acids is 1. The number of rotatable bonds is 8. The van der Waals surface area contributed by atoms with Crippen LogP contribution in [0.1, 0.15) is 39.0 Å². The van der Waals surface area contributed by atoms with Gasteiger partial charge in [0.15, 0.2) is 0 Å². The lowest BCUT2D eigenvalue weighted by Gasteiger charge is -2.14. The molecule has 0 saturated heterocycles. The summed E-state index contributed by atoms with van der Waals surface area (Å²) in [7, 11) is -3.97. The molecule has 168 valence electrons. The second kappa shape index (κ2) is 10.2. The maximum absolute atomic E-state index is 13.0. The van der Waals surface area contributed by atoms with Crippen molar-refractivity contribution in [2.24, 2.45) is 0 Å². The molecular formula is C25H27ClN2O3S. The number of sulfonamides is 1. The largest absolute Gasteiger partial charge is 0.352 e. The van der Waals surface area contributed by atoms with Crippen molar-refractivity contribution in [1.82, 2.24) is 5.32 Å². The summed E-state index contributed by atoms with van der Waals surface area (Å²) in [6.45, 7) is 6.28. The summed E-state index contributed by atoms with van der Waals surface area (Å²) in [6.07, 6.45) is 1.63. The highest BCUT2D eigenvalue weighted by Gasteiger charge is 2.21. The Hall–Kier alpha value is -2.83. The summed E-state index contributed by atoms with van der Waals surface area (Å²) in [5, 5.41) is 2.90. The predicted octanol–water partition coefficient (Wildman–Crippen LogP) is 5.43. The molecule has 0 saturated carbocycles. The molecule has 3 rings (SSSR count). The Balaban J connectivity index is 1.68. The molecule has 0 aliphatic rings. The van der Waals surface area contributed by atoms with Crippen LogP contribution in [0.5, 0.6) is 0 Å². The van der Waals surface area contributed by atoms with Gasteiger partial charge in [0.25, 0.3) is 15.9 Å². The molecule has 1 amide bonds. The highest BCUT2D eigenvalue weighted by Crippen LogP contribution is 2.27. The fourth-order valence-electron chi connectivity index (χ4n) is 3.26. The van der Waals surface area contributed by atoms with E-state index in [0.29, 0.717) is 12.2 Å². The van der Waals surface area contributed by atoms with Gasteiger partial charge in [-0.05, 0) is 74.6 Å². The molecule has 3 aromatic carbocycles. The number of hydrogen-bond donors (Lipinski definition) is 2. The van der Waals surface area contributed by atoms with Crippen molar-refractivity contribution in [3.05, 3.63) is 93.5 Å². The van der Waals surface area contributed by atoms with Crippen molar-refractivity contribution in [3.63, 3.8) is 0 Å². The minimum Gasteiger partial charge on any atom is -0.352 e. The third-order valence-corrected chi connectivity index (χ3v) is 7.23. The van der Waals surface area contributed by atoms with Crippen LogP contribution in [0.25, 0.3) is 0 Å². The van der Waals surface area contributed by atoms with E-state index in [-0.39, 0.29) is 21.4 Å². The molecule has 0 heterocycles. The quantitative estimate of drug-likeness (QED) is 0.431. The fourth-order valence-corrected chi connectivity index (χ4v) is 4.91. The molecule has 0 unspecified atom stereocenters. The zero-order valence-corrected chi connectivity index (χ0v) is 20.0. The number of carbonyl (C=O) groups is 1. The van der Waals surface area contributed by atoms with Crippen LogP contribution in [0.15, 0.2) is 65.6 Å². The molecule has 0 aliphatic carbocycles. The van der Waals surface area contributed by atoms with Crippen LogP contribution < -0.4 is 10.0 Å². The van der Waals surface area contributed by atoms with Gasteiger partial charge in [0.1, 0.15) is 4.90 Å².